The van der Waals surface area contributed by atoms with E-state index in [2.05, 4.69) is 27.7 Å². The third-order valence-corrected chi connectivity index (χ3v) is 6.46. The minimum Gasteiger partial charge on any atom is -0.508 e. The van der Waals surface area contributed by atoms with Gasteiger partial charge >= 0.3 is 0 Å². The molecule has 1 N–H and O–H groups in total. The molecule has 22 heavy (non-hydrogen) atoms. The zero-order chi connectivity index (χ0) is 16.3. The first-order valence-electron chi connectivity index (χ1n) is 8.61. The van der Waals surface area contributed by atoms with E-state index in [9.17, 15) is 9.90 Å². The van der Waals surface area contributed by atoms with Gasteiger partial charge < -0.3 is 5.11 Å². The SMILES string of the molecule is CCc1c(C)cc(O)c2c1C(=O)CC1C(C)(C)CCCC21C. The molecule has 0 saturated heterocycles. The molecule has 1 aromatic rings. The highest BCUT2D eigenvalue weighted by Crippen LogP contribution is 2.59. The molecule has 2 atom stereocenters. The second-order valence-corrected chi connectivity index (χ2v) is 8.23. The molecule has 1 saturated carbocycles. The Bertz CT molecular complexity index is 642. The van der Waals surface area contributed by atoms with E-state index < -0.39 is 0 Å². The normalized spacial score (nSPS) is 29.9. The molecule has 2 aliphatic rings. The molecule has 0 aromatic heterocycles. The Labute approximate surface area is 133 Å². The molecule has 0 aliphatic heterocycles. The van der Waals surface area contributed by atoms with Gasteiger partial charge in [-0.2, -0.15) is 0 Å². The number of fused-ring (bicyclic) bond motifs is 3. The molecule has 2 heteroatoms. The van der Waals surface area contributed by atoms with Gasteiger partial charge in [-0.15, -0.1) is 0 Å². The molecule has 0 spiro atoms. The molecule has 1 fully saturated rings. The zero-order valence-corrected chi connectivity index (χ0v) is 14.5. The van der Waals surface area contributed by atoms with E-state index in [0.29, 0.717) is 18.1 Å². The van der Waals surface area contributed by atoms with Crippen molar-refractivity contribution in [1.29, 1.82) is 0 Å². The summed E-state index contributed by atoms with van der Waals surface area (Å²) in [6.45, 7) is 11.0. The van der Waals surface area contributed by atoms with Gasteiger partial charge in [0.25, 0.3) is 0 Å². The average Bonchev–Trinajstić information content (AvgIpc) is 2.40. The summed E-state index contributed by atoms with van der Waals surface area (Å²) in [5, 5.41) is 10.7. The number of carbonyl (C=O) groups is 1. The van der Waals surface area contributed by atoms with E-state index in [1.807, 2.05) is 13.0 Å². The minimum atomic E-state index is -0.0767. The van der Waals surface area contributed by atoms with Gasteiger partial charge in [-0.25, -0.2) is 0 Å². The maximum atomic E-state index is 12.9. The standard InChI is InChI=1S/C20H28O2/c1-6-13-12(2)10-15(22)18-17(13)14(21)11-16-19(3,4)8-7-9-20(16,18)5/h10,16,22H,6-9,11H2,1-5H3. The Morgan fingerprint density at radius 2 is 1.95 bits per heavy atom. The van der Waals surface area contributed by atoms with Crippen LogP contribution >= 0.6 is 0 Å². The van der Waals surface area contributed by atoms with E-state index in [4.69, 9.17) is 0 Å². The lowest BCUT2D eigenvalue weighted by atomic mass is 9.49. The maximum absolute atomic E-state index is 12.9. The lowest BCUT2D eigenvalue weighted by Crippen LogP contribution is -2.49. The van der Waals surface area contributed by atoms with Crippen molar-refractivity contribution >= 4 is 5.78 Å². The van der Waals surface area contributed by atoms with Gasteiger partial charge in [0.2, 0.25) is 0 Å². The second kappa shape index (κ2) is 4.84. The van der Waals surface area contributed by atoms with Gasteiger partial charge in [0.05, 0.1) is 0 Å². The van der Waals surface area contributed by atoms with Crippen LogP contribution in [0.25, 0.3) is 0 Å². The van der Waals surface area contributed by atoms with E-state index in [-0.39, 0.29) is 16.6 Å². The molecule has 2 unspecified atom stereocenters. The number of ketones is 1. The first-order chi connectivity index (χ1) is 10.2. The van der Waals surface area contributed by atoms with Crippen molar-refractivity contribution in [2.24, 2.45) is 11.3 Å². The number of phenols is 1. The second-order valence-electron chi connectivity index (χ2n) is 8.23. The first kappa shape index (κ1) is 15.6. The number of aryl methyl sites for hydroxylation is 1. The quantitative estimate of drug-likeness (QED) is 0.798. The lowest BCUT2D eigenvalue weighted by Gasteiger charge is -2.54. The topological polar surface area (TPSA) is 37.3 Å². The van der Waals surface area contributed by atoms with E-state index >= 15 is 0 Å². The highest BCUT2D eigenvalue weighted by molar-refractivity contribution is 6.02. The first-order valence-corrected chi connectivity index (χ1v) is 8.61. The number of hydrogen-bond donors (Lipinski definition) is 1. The summed E-state index contributed by atoms with van der Waals surface area (Å²) < 4.78 is 0. The summed E-state index contributed by atoms with van der Waals surface area (Å²) in [6.07, 6.45) is 4.89. The molecule has 0 radical (unpaired) electrons. The molecule has 2 nitrogen and oxygen atoms in total. The summed E-state index contributed by atoms with van der Waals surface area (Å²) in [5.41, 5.74) is 4.06. The third-order valence-electron chi connectivity index (χ3n) is 6.46. The van der Waals surface area contributed by atoms with Gasteiger partial charge in [0.1, 0.15) is 5.75 Å². The van der Waals surface area contributed by atoms with Crippen LogP contribution in [0.15, 0.2) is 6.07 Å². The third kappa shape index (κ3) is 1.96. The van der Waals surface area contributed by atoms with Crippen LogP contribution in [0.1, 0.15) is 80.4 Å². The van der Waals surface area contributed by atoms with Crippen LogP contribution in [0, 0.1) is 18.3 Å². The van der Waals surface area contributed by atoms with Gasteiger partial charge in [0, 0.05) is 23.0 Å². The predicted molar refractivity (Wildman–Crippen MR) is 89.6 cm³/mol. The fourth-order valence-electron chi connectivity index (χ4n) is 5.39. The van der Waals surface area contributed by atoms with E-state index in [0.717, 1.165) is 35.1 Å². The summed E-state index contributed by atoms with van der Waals surface area (Å²) >= 11 is 0. The van der Waals surface area contributed by atoms with Crippen molar-refractivity contribution in [1.82, 2.24) is 0 Å². The monoisotopic (exact) mass is 300 g/mol. The molecule has 2 aliphatic carbocycles. The van der Waals surface area contributed by atoms with Gasteiger partial charge in [-0.05, 0) is 54.7 Å². The maximum Gasteiger partial charge on any atom is 0.163 e. The number of phenolic OH excluding ortho intramolecular Hbond substituents is 1. The molecule has 120 valence electrons. The van der Waals surface area contributed by atoms with Gasteiger partial charge in [-0.3, -0.25) is 4.79 Å². The fourth-order valence-corrected chi connectivity index (χ4v) is 5.39. The fraction of sp³-hybridized carbons (Fsp3) is 0.650. The number of carbonyl (C=O) groups excluding carboxylic acids is 1. The van der Waals surface area contributed by atoms with Crippen LogP contribution in [-0.4, -0.2) is 10.9 Å². The summed E-state index contributed by atoms with van der Waals surface area (Å²) in [4.78, 5) is 12.9. The number of rotatable bonds is 1. The van der Waals surface area contributed by atoms with Crippen LogP contribution in [0.3, 0.4) is 0 Å². The lowest BCUT2D eigenvalue weighted by molar-refractivity contribution is 0.0355. The van der Waals surface area contributed by atoms with Crippen LogP contribution in [0.4, 0.5) is 0 Å². The van der Waals surface area contributed by atoms with Crippen molar-refractivity contribution in [3.63, 3.8) is 0 Å². The highest BCUT2D eigenvalue weighted by Gasteiger charge is 2.53. The molecule has 0 heterocycles. The number of aromatic hydroxyl groups is 1. The van der Waals surface area contributed by atoms with Gasteiger partial charge in [0.15, 0.2) is 5.78 Å². The number of hydrogen-bond acceptors (Lipinski definition) is 2. The zero-order valence-electron chi connectivity index (χ0n) is 14.5. The van der Waals surface area contributed by atoms with Crippen LogP contribution in [-0.2, 0) is 11.8 Å². The molecule has 0 amide bonds. The van der Waals surface area contributed by atoms with E-state index in [1.165, 1.54) is 12.8 Å². The van der Waals surface area contributed by atoms with Crippen LogP contribution < -0.4 is 0 Å². The number of benzene rings is 1. The van der Waals surface area contributed by atoms with Crippen molar-refractivity contribution in [2.75, 3.05) is 0 Å². The molecular formula is C20H28O2. The van der Waals surface area contributed by atoms with Crippen molar-refractivity contribution in [3.05, 3.63) is 28.3 Å². The summed E-state index contributed by atoms with van der Waals surface area (Å²) in [7, 11) is 0. The Balaban J connectivity index is 2.31. The largest absolute Gasteiger partial charge is 0.508 e. The van der Waals surface area contributed by atoms with Crippen LogP contribution in [0.5, 0.6) is 5.75 Å². The van der Waals surface area contributed by atoms with Gasteiger partial charge in [-0.1, -0.05) is 34.1 Å². The Morgan fingerprint density at radius 1 is 1.27 bits per heavy atom. The smallest absolute Gasteiger partial charge is 0.163 e. The predicted octanol–water partition coefficient (Wildman–Crippen LogP) is 4.93. The van der Waals surface area contributed by atoms with Crippen molar-refractivity contribution in [2.45, 2.75) is 72.1 Å². The minimum absolute atomic E-state index is 0.0767. The molecule has 3 rings (SSSR count). The summed E-state index contributed by atoms with van der Waals surface area (Å²) in [5.74, 6) is 0.901. The van der Waals surface area contributed by atoms with Crippen molar-refractivity contribution < 1.29 is 9.90 Å². The average molecular weight is 300 g/mol. The molecule has 1 aromatic carbocycles. The summed E-state index contributed by atoms with van der Waals surface area (Å²) in [6, 6.07) is 1.88. The molecule has 0 bridgehead atoms. The number of Topliss-reactive ketones (excluding diaryl/α,β-unsaturated/α-hetero) is 1. The Kier molecular flexibility index (Phi) is 3.43. The Hall–Kier alpha value is -1.31. The van der Waals surface area contributed by atoms with Crippen molar-refractivity contribution in [3.8, 4) is 5.75 Å². The Morgan fingerprint density at radius 3 is 2.59 bits per heavy atom. The molecular weight excluding hydrogens is 272 g/mol. The van der Waals surface area contributed by atoms with E-state index in [1.54, 1.807) is 0 Å². The highest BCUT2D eigenvalue weighted by atomic mass is 16.3. The van der Waals surface area contributed by atoms with Crippen LogP contribution in [0.2, 0.25) is 0 Å².